The van der Waals surface area contributed by atoms with Gasteiger partial charge in [0.2, 0.25) is 0 Å². The number of aliphatic hydroxyl groups is 1. The maximum atomic E-state index is 9.84. The van der Waals surface area contributed by atoms with Crippen LogP contribution in [0.25, 0.3) is 0 Å². The van der Waals surface area contributed by atoms with Crippen molar-refractivity contribution in [3.63, 3.8) is 0 Å². The Hall–Kier alpha value is -1.01. The number of ether oxygens (including phenoxy) is 2. The quantitative estimate of drug-likeness (QED) is 0.577. The first-order valence-corrected chi connectivity index (χ1v) is 7.72. The lowest BCUT2D eigenvalue weighted by Crippen LogP contribution is -2.32. The lowest BCUT2D eigenvalue weighted by Gasteiger charge is -2.17. The summed E-state index contributed by atoms with van der Waals surface area (Å²) in [5, 5.41) is 13.1. The molecule has 1 aromatic rings. The van der Waals surface area contributed by atoms with E-state index in [4.69, 9.17) is 9.47 Å². The van der Waals surface area contributed by atoms with E-state index < -0.39 is 6.10 Å². The highest BCUT2D eigenvalue weighted by Crippen LogP contribution is 2.07. The zero-order valence-corrected chi connectivity index (χ0v) is 13.1. The highest BCUT2D eigenvalue weighted by atomic mass is 16.5. The topological polar surface area (TPSA) is 63.6 Å². The Morgan fingerprint density at radius 3 is 2.76 bits per heavy atom. The molecule has 2 atom stereocenters. The van der Waals surface area contributed by atoms with Gasteiger partial charge in [-0.3, -0.25) is 4.98 Å². The summed E-state index contributed by atoms with van der Waals surface area (Å²) in [5.41, 5.74) is 0.968. The third-order valence-electron chi connectivity index (χ3n) is 3.12. The van der Waals surface area contributed by atoms with Crippen LogP contribution in [0.2, 0.25) is 0 Å². The van der Waals surface area contributed by atoms with Crippen LogP contribution in [0.5, 0.6) is 0 Å². The lowest BCUT2D eigenvalue weighted by molar-refractivity contribution is 0.00329. The molecule has 0 aromatic carbocycles. The van der Waals surface area contributed by atoms with Gasteiger partial charge in [-0.2, -0.15) is 0 Å². The number of aliphatic hydroxyl groups excluding tert-OH is 1. The van der Waals surface area contributed by atoms with Crippen LogP contribution in [-0.2, 0) is 9.47 Å². The van der Waals surface area contributed by atoms with Gasteiger partial charge < -0.3 is 19.9 Å². The maximum absolute atomic E-state index is 9.84. The summed E-state index contributed by atoms with van der Waals surface area (Å²) < 4.78 is 10.8. The smallest absolute Gasteiger partial charge is 0.0897 e. The summed E-state index contributed by atoms with van der Waals surface area (Å²) in [5.74, 6) is 0. The molecular formula is C16H28N2O3. The fraction of sp³-hybridized carbons (Fsp3) is 0.688. The zero-order valence-electron chi connectivity index (χ0n) is 13.1. The summed E-state index contributed by atoms with van der Waals surface area (Å²) in [6.07, 6.45) is 3.47. The van der Waals surface area contributed by atoms with E-state index in [1.54, 1.807) is 6.20 Å². The summed E-state index contributed by atoms with van der Waals surface area (Å²) >= 11 is 0. The SMILES string of the molecule is CCCCOCCOCC(O)CN[C@H](C)c1ccccn1. The largest absolute Gasteiger partial charge is 0.389 e. The van der Waals surface area contributed by atoms with Gasteiger partial charge in [0.1, 0.15) is 0 Å². The van der Waals surface area contributed by atoms with Crippen molar-refractivity contribution in [1.29, 1.82) is 0 Å². The van der Waals surface area contributed by atoms with E-state index in [9.17, 15) is 5.11 Å². The Kier molecular flexibility index (Phi) is 9.99. The standard InChI is InChI=1S/C16H28N2O3/c1-3-4-9-20-10-11-21-13-15(19)12-18-14(2)16-7-5-6-8-17-16/h5-8,14-15,18-19H,3-4,9-13H2,1-2H3/t14-,15?/m1/s1. The van der Waals surface area contributed by atoms with Gasteiger partial charge in [0.05, 0.1) is 31.6 Å². The van der Waals surface area contributed by atoms with Crippen molar-refractivity contribution in [2.45, 2.75) is 38.8 Å². The first-order chi connectivity index (χ1) is 10.2. The number of hydrogen-bond donors (Lipinski definition) is 2. The number of hydrogen-bond acceptors (Lipinski definition) is 5. The van der Waals surface area contributed by atoms with E-state index >= 15 is 0 Å². The van der Waals surface area contributed by atoms with Gasteiger partial charge in [-0.15, -0.1) is 0 Å². The molecule has 120 valence electrons. The number of rotatable bonds is 12. The molecule has 0 spiro atoms. The number of nitrogens with zero attached hydrogens (tertiary/aromatic N) is 1. The molecule has 0 aliphatic heterocycles. The van der Waals surface area contributed by atoms with E-state index in [2.05, 4.69) is 17.2 Å². The molecule has 0 aliphatic rings. The first kappa shape index (κ1) is 18.0. The molecule has 21 heavy (non-hydrogen) atoms. The average molecular weight is 296 g/mol. The van der Waals surface area contributed by atoms with Crippen molar-refractivity contribution in [3.05, 3.63) is 30.1 Å². The Labute approximate surface area is 127 Å². The van der Waals surface area contributed by atoms with E-state index in [-0.39, 0.29) is 6.04 Å². The molecule has 0 amide bonds. The van der Waals surface area contributed by atoms with E-state index in [0.717, 1.165) is 25.1 Å². The van der Waals surface area contributed by atoms with Crippen molar-refractivity contribution in [2.24, 2.45) is 0 Å². The van der Waals surface area contributed by atoms with Crippen LogP contribution in [0, 0.1) is 0 Å². The van der Waals surface area contributed by atoms with Crippen LogP contribution in [0.1, 0.15) is 38.4 Å². The van der Waals surface area contributed by atoms with Crippen LogP contribution >= 0.6 is 0 Å². The van der Waals surface area contributed by atoms with Crippen LogP contribution in [0.4, 0.5) is 0 Å². The highest BCUT2D eigenvalue weighted by Gasteiger charge is 2.09. The molecule has 5 heteroatoms. The van der Waals surface area contributed by atoms with Gasteiger partial charge in [0.15, 0.2) is 0 Å². The molecule has 2 N–H and O–H groups in total. The third-order valence-corrected chi connectivity index (χ3v) is 3.12. The summed E-state index contributed by atoms with van der Waals surface area (Å²) in [6.45, 7) is 6.85. The molecule has 0 bridgehead atoms. The normalized spacial score (nSPS) is 14.0. The molecule has 0 saturated heterocycles. The van der Waals surface area contributed by atoms with Gasteiger partial charge in [-0.1, -0.05) is 19.4 Å². The summed E-state index contributed by atoms with van der Waals surface area (Å²) in [7, 11) is 0. The highest BCUT2D eigenvalue weighted by molar-refractivity contribution is 5.07. The van der Waals surface area contributed by atoms with Gasteiger partial charge in [-0.05, 0) is 25.5 Å². The van der Waals surface area contributed by atoms with Crippen LogP contribution in [0.3, 0.4) is 0 Å². The van der Waals surface area contributed by atoms with Crippen molar-refractivity contribution in [2.75, 3.05) is 33.0 Å². The molecule has 0 saturated carbocycles. The fourth-order valence-electron chi connectivity index (χ4n) is 1.79. The summed E-state index contributed by atoms with van der Waals surface area (Å²) in [4.78, 5) is 4.28. The second kappa shape index (κ2) is 11.6. The number of pyridine rings is 1. The molecule has 1 heterocycles. The van der Waals surface area contributed by atoms with Gasteiger partial charge in [0.25, 0.3) is 0 Å². The molecular weight excluding hydrogens is 268 g/mol. The summed E-state index contributed by atoms with van der Waals surface area (Å²) in [6, 6.07) is 5.92. The molecule has 1 aromatic heterocycles. The molecule has 0 fully saturated rings. The van der Waals surface area contributed by atoms with Crippen molar-refractivity contribution in [3.8, 4) is 0 Å². The Morgan fingerprint density at radius 2 is 2.05 bits per heavy atom. The van der Waals surface area contributed by atoms with E-state index in [1.807, 2.05) is 25.1 Å². The van der Waals surface area contributed by atoms with Crippen LogP contribution in [0.15, 0.2) is 24.4 Å². The number of nitrogens with one attached hydrogen (secondary N) is 1. The minimum Gasteiger partial charge on any atom is -0.389 e. The second-order valence-corrected chi connectivity index (χ2v) is 5.08. The second-order valence-electron chi connectivity index (χ2n) is 5.08. The lowest BCUT2D eigenvalue weighted by atomic mass is 10.2. The zero-order chi connectivity index (χ0) is 15.3. The van der Waals surface area contributed by atoms with Gasteiger partial charge >= 0.3 is 0 Å². The van der Waals surface area contributed by atoms with Crippen molar-refractivity contribution >= 4 is 0 Å². The van der Waals surface area contributed by atoms with Gasteiger partial charge in [-0.25, -0.2) is 0 Å². The number of unbranched alkanes of at least 4 members (excludes halogenated alkanes) is 1. The minimum atomic E-state index is -0.521. The Balaban J connectivity index is 2.02. The monoisotopic (exact) mass is 296 g/mol. The number of aromatic nitrogens is 1. The molecule has 1 unspecified atom stereocenters. The molecule has 5 nitrogen and oxygen atoms in total. The van der Waals surface area contributed by atoms with Crippen molar-refractivity contribution < 1.29 is 14.6 Å². The minimum absolute atomic E-state index is 0.109. The predicted octanol–water partition coefficient (Wildman–Crippen LogP) is 1.93. The fourth-order valence-corrected chi connectivity index (χ4v) is 1.79. The maximum Gasteiger partial charge on any atom is 0.0897 e. The predicted molar refractivity (Wildman–Crippen MR) is 83.2 cm³/mol. The molecule has 0 radical (unpaired) electrons. The van der Waals surface area contributed by atoms with Crippen LogP contribution < -0.4 is 5.32 Å². The van der Waals surface area contributed by atoms with E-state index in [1.165, 1.54) is 0 Å². The first-order valence-electron chi connectivity index (χ1n) is 7.72. The van der Waals surface area contributed by atoms with Crippen molar-refractivity contribution in [1.82, 2.24) is 10.3 Å². The Bertz CT molecular complexity index is 349. The van der Waals surface area contributed by atoms with Crippen LogP contribution in [-0.4, -0.2) is 49.2 Å². The van der Waals surface area contributed by atoms with E-state index in [0.29, 0.717) is 26.4 Å². The van der Waals surface area contributed by atoms with Gasteiger partial charge in [0, 0.05) is 25.4 Å². The molecule has 1 rings (SSSR count). The Morgan fingerprint density at radius 1 is 1.24 bits per heavy atom. The molecule has 0 aliphatic carbocycles. The average Bonchev–Trinajstić information content (AvgIpc) is 2.52. The third kappa shape index (κ3) is 8.78.